The molecule has 0 saturated carbocycles. The van der Waals surface area contributed by atoms with Crippen molar-refractivity contribution in [2.24, 2.45) is 0 Å². The van der Waals surface area contributed by atoms with Gasteiger partial charge < -0.3 is 14.2 Å². The first-order valence-corrected chi connectivity index (χ1v) is 7.66. The zero-order valence-corrected chi connectivity index (χ0v) is 14.4. The van der Waals surface area contributed by atoms with E-state index < -0.39 is 23.6 Å². The topological polar surface area (TPSA) is 82.1 Å². The van der Waals surface area contributed by atoms with Crippen molar-refractivity contribution in [3.8, 4) is 0 Å². The van der Waals surface area contributed by atoms with Gasteiger partial charge in [0.2, 0.25) is 5.54 Å². The normalized spacial score (nSPS) is 10.7. The lowest BCUT2D eigenvalue weighted by Gasteiger charge is -2.33. The molecule has 0 aliphatic carbocycles. The van der Waals surface area contributed by atoms with Gasteiger partial charge in [0.15, 0.2) is 0 Å². The van der Waals surface area contributed by atoms with E-state index in [4.69, 9.17) is 14.2 Å². The molecule has 0 N–H and O–H groups in total. The number of ether oxygens (including phenoxy) is 3. The van der Waals surface area contributed by atoms with Crippen molar-refractivity contribution in [1.82, 2.24) is 4.90 Å². The van der Waals surface area contributed by atoms with E-state index in [1.807, 2.05) is 18.2 Å². The van der Waals surface area contributed by atoms with Gasteiger partial charge >= 0.3 is 18.0 Å². The molecule has 24 heavy (non-hydrogen) atoms. The molecule has 0 aliphatic rings. The van der Waals surface area contributed by atoms with Gasteiger partial charge in [-0.05, 0) is 26.3 Å². The van der Waals surface area contributed by atoms with Crippen LogP contribution in [0.2, 0.25) is 0 Å². The lowest BCUT2D eigenvalue weighted by atomic mass is 10.0. The zero-order valence-electron chi connectivity index (χ0n) is 14.4. The molecule has 0 fully saturated rings. The van der Waals surface area contributed by atoms with Crippen LogP contribution < -0.4 is 0 Å². The van der Waals surface area contributed by atoms with Crippen LogP contribution in [-0.2, 0) is 30.4 Å². The highest BCUT2D eigenvalue weighted by Crippen LogP contribution is 2.20. The van der Waals surface area contributed by atoms with Crippen molar-refractivity contribution in [3.63, 3.8) is 0 Å². The number of nitrogens with zero attached hydrogens (tertiary/aromatic N) is 1. The molecule has 0 aromatic heterocycles. The van der Waals surface area contributed by atoms with Crippen LogP contribution in [0.4, 0.5) is 4.79 Å². The summed E-state index contributed by atoms with van der Waals surface area (Å²) >= 11 is 0. The van der Waals surface area contributed by atoms with Crippen LogP contribution in [0.3, 0.4) is 0 Å². The Kier molecular flexibility index (Phi) is 7.23. The number of amides is 1. The quantitative estimate of drug-likeness (QED) is 0.431. The summed E-state index contributed by atoms with van der Waals surface area (Å²) in [5.74, 6) is -1.75. The number of hydrogen-bond acceptors (Lipinski definition) is 6. The molecule has 1 rings (SSSR count). The fraction of sp³-hybridized carbons (Fsp3) is 0.471. The van der Waals surface area contributed by atoms with Gasteiger partial charge in [0.05, 0.1) is 13.2 Å². The highest BCUT2D eigenvalue weighted by molar-refractivity contribution is 6.06. The fourth-order valence-electron chi connectivity index (χ4n) is 1.90. The first-order chi connectivity index (χ1) is 11.4. The summed E-state index contributed by atoms with van der Waals surface area (Å²) in [6, 6.07) is 9.06. The van der Waals surface area contributed by atoms with E-state index in [0.29, 0.717) is 0 Å². The van der Waals surface area contributed by atoms with Gasteiger partial charge in [-0.25, -0.2) is 14.4 Å². The highest BCUT2D eigenvalue weighted by atomic mass is 16.6. The molecular formula is C17H23NO6. The molecule has 1 amide bonds. The SMILES string of the molecule is CCOC(=O)C(C)(C(=O)OCC)N(C)C(=O)OCc1ccccc1. The Morgan fingerprint density at radius 2 is 1.46 bits per heavy atom. The monoisotopic (exact) mass is 337 g/mol. The second kappa shape index (κ2) is 8.90. The number of rotatable bonds is 7. The fourth-order valence-corrected chi connectivity index (χ4v) is 1.90. The average Bonchev–Trinajstić information content (AvgIpc) is 2.59. The molecule has 0 radical (unpaired) electrons. The lowest BCUT2D eigenvalue weighted by molar-refractivity contribution is -0.171. The first kappa shape index (κ1) is 19.5. The Morgan fingerprint density at radius 1 is 0.958 bits per heavy atom. The number of esters is 2. The Bertz CT molecular complexity index is 554. The Labute approximate surface area is 141 Å². The van der Waals surface area contributed by atoms with Crippen LogP contribution in [0.15, 0.2) is 30.3 Å². The second-order valence-electron chi connectivity index (χ2n) is 5.11. The molecule has 0 heterocycles. The summed E-state index contributed by atoms with van der Waals surface area (Å²) in [6.07, 6.45) is -0.831. The summed E-state index contributed by atoms with van der Waals surface area (Å²) < 4.78 is 15.0. The Morgan fingerprint density at radius 3 is 1.92 bits per heavy atom. The van der Waals surface area contributed by atoms with E-state index in [-0.39, 0.29) is 19.8 Å². The average molecular weight is 337 g/mol. The maximum atomic E-state index is 12.3. The molecule has 0 saturated heterocycles. The predicted molar refractivity (Wildman–Crippen MR) is 86.1 cm³/mol. The molecule has 1 aromatic carbocycles. The minimum atomic E-state index is -1.92. The number of carbonyl (C=O) groups excluding carboxylic acids is 3. The predicted octanol–water partition coefficient (Wildman–Crippen LogP) is 2.14. The van der Waals surface area contributed by atoms with Gasteiger partial charge in [-0.3, -0.25) is 4.90 Å². The third kappa shape index (κ3) is 4.47. The van der Waals surface area contributed by atoms with Crippen LogP contribution in [0, 0.1) is 0 Å². The second-order valence-corrected chi connectivity index (χ2v) is 5.11. The third-order valence-electron chi connectivity index (χ3n) is 3.50. The van der Waals surface area contributed by atoms with Crippen LogP contribution in [0.25, 0.3) is 0 Å². The summed E-state index contributed by atoms with van der Waals surface area (Å²) in [5.41, 5.74) is -1.13. The van der Waals surface area contributed by atoms with E-state index in [2.05, 4.69) is 0 Å². The minimum Gasteiger partial charge on any atom is -0.464 e. The zero-order chi connectivity index (χ0) is 18.2. The first-order valence-electron chi connectivity index (χ1n) is 7.66. The van der Waals surface area contributed by atoms with Crippen molar-refractivity contribution < 1.29 is 28.6 Å². The summed E-state index contributed by atoms with van der Waals surface area (Å²) in [7, 11) is 1.29. The van der Waals surface area contributed by atoms with Gasteiger partial charge in [0, 0.05) is 7.05 Å². The molecule has 7 nitrogen and oxygen atoms in total. The van der Waals surface area contributed by atoms with E-state index in [1.165, 1.54) is 14.0 Å². The molecule has 1 aromatic rings. The molecule has 0 atom stereocenters. The Balaban J connectivity index is 2.89. The van der Waals surface area contributed by atoms with Gasteiger partial charge in [-0.15, -0.1) is 0 Å². The summed E-state index contributed by atoms with van der Waals surface area (Å²) in [6.45, 7) is 4.65. The molecule has 132 valence electrons. The molecule has 0 bridgehead atoms. The Hall–Kier alpha value is -2.57. The third-order valence-corrected chi connectivity index (χ3v) is 3.50. The van der Waals surface area contributed by atoms with E-state index in [1.54, 1.807) is 26.0 Å². The number of benzene rings is 1. The standard InChI is InChI=1S/C17H23NO6/c1-5-22-14(19)17(3,15(20)23-6-2)18(4)16(21)24-12-13-10-8-7-9-11-13/h7-11H,5-6,12H2,1-4H3. The number of hydrogen-bond donors (Lipinski definition) is 0. The van der Waals surface area contributed by atoms with E-state index in [9.17, 15) is 14.4 Å². The molecular weight excluding hydrogens is 314 g/mol. The van der Waals surface area contributed by atoms with Crippen LogP contribution in [0.5, 0.6) is 0 Å². The minimum absolute atomic E-state index is 0.0196. The van der Waals surface area contributed by atoms with E-state index in [0.717, 1.165) is 10.5 Å². The number of carbonyl (C=O) groups is 3. The van der Waals surface area contributed by atoms with Crippen molar-refractivity contribution in [2.75, 3.05) is 20.3 Å². The van der Waals surface area contributed by atoms with Crippen molar-refractivity contribution in [2.45, 2.75) is 32.9 Å². The molecule has 0 aliphatic heterocycles. The maximum absolute atomic E-state index is 12.3. The number of likely N-dealkylation sites (N-methyl/N-ethyl adjacent to an activating group) is 1. The van der Waals surface area contributed by atoms with Gasteiger partial charge in [-0.1, -0.05) is 30.3 Å². The largest absolute Gasteiger partial charge is 0.464 e. The van der Waals surface area contributed by atoms with Gasteiger partial charge in [0.1, 0.15) is 6.61 Å². The molecule has 0 spiro atoms. The smallest absolute Gasteiger partial charge is 0.411 e. The van der Waals surface area contributed by atoms with Crippen molar-refractivity contribution in [3.05, 3.63) is 35.9 Å². The van der Waals surface area contributed by atoms with Crippen LogP contribution >= 0.6 is 0 Å². The molecule has 0 unspecified atom stereocenters. The lowest BCUT2D eigenvalue weighted by Crippen LogP contribution is -2.60. The van der Waals surface area contributed by atoms with Crippen LogP contribution in [-0.4, -0.2) is 48.7 Å². The highest BCUT2D eigenvalue weighted by Gasteiger charge is 2.51. The maximum Gasteiger partial charge on any atom is 0.411 e. The molecule has 7 heteroatoms. The van der Waals surface area contributed by atoms with Crippen LogP contribution in [0.1, 0.15) is 26.3 Å². The summed E-state index contributed by atoms with van der Waals surface area (Å²) in [4.78, 5) is 37.6. The van der Waals surface area contributed by atoms with Gasteiger partial charge in [0.25, 0.3) is 0 Å². The van der Waals surface area contributed by atoms with E-state index >= 15 is 0 Å². The van der Waals surface area contributed by atoms with Crippen molar-refractivity contribution >= 4 is 18.0 Å². The van der Waals surface area contributed by atoms with Crippen molar-refractivity contribution in [1.29, 1.82) is 0 Å². The summed E-state index contributed by atoms with van der Waals surface area (Å²) in [5, 5.41) is 0. The van der Waals surface area contributed by atoms with Gasteiger partial charge in [-0.2, -0.15) is 0 Å².